The predicted octanol–water partition coefficient (Wildman–Crippen LogP) is 3.18. The fraction of sp³-hybridized carbons (Fsp3) is 0.667. The van der Waals surface area contributed by atoms with Gasteiger partial charge >= 0.3 is 0 Å². The number of nitrogens with one attached hydrogen (secondary N) is 1. The molecule has 90 valence electrons. The van der Waals surface area contributed by atoms with E-state index in [-0.39, 0.29) is 6.04 Å². The van der Waals surface area contributed by atoms with Crippen molar-refractivity contribution in [2.24, 2.45) is 11.7 Å². The fourth-order valence-electron chi connectivity index (χ4n) is 2.42. The van der Waals surface area contributed by atoms with Gasteiger partial charge in [-0.05, 0) is 37.3 Å². The van der Waals surface area contributed by atoms with Crippen LogP contribution in [0.2, 0.25) is 4.34 Å². The van der Waals surface area contributed by atoms with Gasteiger partial charge < -0.3 is 11.1 Å². The molecule has 1 aliphatic carbocycles. The van der Waals surface area contributed by atoms with Gasteiger partial charge in [-0.1, -0.05) is 18.5 Å². The minimum absolute atomic E-state index is 0.271. The van der Waals surface area contributed by atoms with Crippen LogP contribution in [0.25, 0.3) is 0 Å². The van der Waals surface area contributed by atoms with E-state index in [0.717, 1.165) is 10.3 Å². The van der Waals surface area contributed by atoms with E-state index in [0.29, 0.717) is 12.6 Å². The summed E-state index contributed by atoms with van der Waals surface area (Å²) < 4.78 is 0.843. The van der Waals surface area contributed by atoms with E-state index in [9.17, 15) is 0 Å². The molecule has 3 N–H and O–H groups in total. The molecule has 2 nitrogen and oxygen atoms in total. The van der Waals surface area contributed by atoms with Gasteiger partial charge in [-0.25, -0.2) is 0 Å². The molecule has 1 aliphatic rings. The van der Waals surface area contributed by atoms with E-state index in [1.807, 2.05) is 6.07 Å². The third kappa shape index (κ3) is 2.98. The third-order valence-electron chi connectivity index (χ3n) is 3.30. The molecule has 0 radical (unpaired) electrons. The van der Waals surface area contributed by atoms with Crippen LogP contribution in [0.5, 0.6) is 0 Å². The molecule has 1 fully saturated rings. The summed E-state index contributed by atoms with van der Waals surface area (Å²) in [6.07, 6.45) is 3.88. The highest BCUT2D eigenvalue weighted by Crippen LogP contribution is 2.30. The van der Waals surface area contributed by atoms with Crippen molar-refractivity contribution < 1.29 is 0 Å². The lowest BCUT2D eigenvalue weighted by atomic mass is 10.1. The number of hydrogen-bond donors (Lipinski definition) is 2. The zero-order valence-electron chi connectivity index (χ0n) is 9.58. The van der Waals surface area contributed by atoms with Gasteiger partial charge in [-0.2, -0.15) is 0 Å². The lowest BCUT2D eigenvalue weighted by molar-refractivity contribution is 0.438. The molecule has 2 rings (SSSR count). The lowest BCUT2D eigenvalue weighted by Gasteiger charge is -2.20. The maximum atomic E-state index is 5.95. The molecule has 0 amide bonds. The van der Waals surface area contributed by atoms with Crippen LogP contribution < -0.4 is 11.1 Å². The number of halogens is 1. The maximum Gasteiger partial charge on any atom is 0.0931 e. The number of thiophene rings is 1. The Morgan fingerprint density at radius 3 is 2.88 bits per heavy atom. The standard InChI is InChI=1S/C12H19ClN2S/c1-8-2-3-9(6-8)15-10(7-14)11-4-5-12(13)16-11/h4-5,8-10,15H,2-3,6-7,14H2,1H3. The fourth-order valence-corrected chi connectivity index (χ4v) is 3.56. The molecule has 1 saturated carbocycles. The molecule has 16 heavy (non-hydrogen) atoms. The van der Waals surface area contributed by atoms with Gasteiger partial charge in [-0.15, -0.1) is 11.3 Å². The van der Waals surface area contributed by atoms with Crippen LogP contribution in [-0.2, 0) is 0 Å². The summed E-state index contributed by atoms with van der Waals surface area (Å²) in [6.45, 7) is 2.96. The van der Waals surface area contributed by atoms with Crippen LogP contribution in [-0.4, -0.2) is 12.6 Å². The second-order valence-corrected chi connectivity index (χ2v) is 6.46. The van der Waals surface area contributed by atoms with E-state index in [2.05, 4.69) is 18.3 Å². The molecular formula is C12H19ClN2S. The topological polar surface area (TPSA) is 38.0 Å². The van der Waals surface area contributed by atoms with Gasteiger partial charge in [0.25, 0.3) is 0 Å². The van der Waals surface area contributed by atoms with E-state index in [1.54, 1.807) is 11.3 Å². The highest BCUT2D eigenvalue weighted by Gasteiger charge is 2.24. The Balaban J connectivity index is 1.95. The summed E-state index contributed by atoms with van der Waals surface area (Å²) in [5.41, 5.74) is 5.83. The van der Waals surface area contributed by atoms with Gasteiger partial charge in [0, 0.05) is 17.5 Å². The molecule has 0 saturated heterocycles. The first-order valence-corrected chi connectivity index (χ1v) is 7.10. The summed E-state index contributed by atoms with van der Waals surface area (Å²) in [5, 5.41) is 3.65. The maximum absolute atomic E-state index is 5.95. The average molecular weight is 259 g/mol. The Morgan fingerprint density at radius 2 is 2.38 bits per heavy atom. The molecule has 1 aromatic heterocycles. The first-order chi connectivity index (χ1) is 7.69. The predicted molar refractivity (Wildman–Crippen MR) is 71.1 cm³/mol. The van der Waals surface area contributed by atoms with Crippen molar-refractivity contribution in [3.05, 3.63) is 21.3 Å². The van der Waals surface area contributed by atoms with Crippen LogP contribution in [0.3, 0.4) is 0 Å². The Morgan fingerprint density at radius 1 is 1.56 bits per heavy atom. The Bertz CT molecular complexity index is 340. The normalized spacial score (nSPS) is 27.2. The van der Waals surface area contributed by atoms with Crippen LogP contribution in [0.15, 0.2) is 12.1 Å². The number of nitrogens with two attached hydrogens (primary N) is 1. The highest BCUT2D eigenvalue weighted by molar-refractivity contribution is 7.16. The van der Waals surface area contributed by atoms with Crippen molar-refractivity contribution in [1.29, 1.82) is 0 Å². The van der Waals surface area contributed by atoms with E-state index >= 15 is 0 Å². The number of rotatable bonds is 4. The average Bonchev–Trinajstić information content (AvgIpc) is 2.84. The Hall–Kier alpha value is -0.0900. The largest absolute Gasteiger partial charge is 0.329 e. The van der Waals surface area contributed by atoms with Gasteiger partial charge in [0.2, 0.25) is 0 Å². The van der Waals surface area contributed by atoms with Crippen LogP contribution in [0.1, 0.15) is 37.1 Å². The molecule has 4 heteroatoms. The Kier molecular flexibility index (Phi) is 4.25. The highest BCUT2D eigenvalue weighted by atomic mass is 35.5. The SMILES string of the molecule is CC1CCC(NC(CN)c2ccc(Cl)s2)C1. The van der Waals surface area contributed by atoms with Gasteiger partial charge in [-0.3, -0.25) is 0 Å². The summed E-state index contributed by atoms with van der Waals surface area (Å²) in [5.74, 6) is 0.850. The van der Waals surface area contributed by atoms with Crippen molar-refractivity contribution in [3.8, 4) is 0 Å². The second-order valence-electron chi connectivity index (χ2n) is 4.71. The molecule has 3 unspecified atom stereocenters. The van der Waals surface area contributed by atoms with Crippen LogP contribution >= 0.6 is 22.9 Å². The summed E-state index contributed by atoms with van der Waals surface area (Å²) >= 11 is 7.58. The summed E-state index contributed by atoms with van der Waals surface area (Å²) in [7, 11) is 0. The zero-order chi connectivity index (χ0) is 11.5. The zero-order valence-corrected chi connectivity index (χ0v) is 11.2. The minimum Gasteiger partial charge on any atom is -0.329 e. The van der Waals surface area contributed by atoms with Crippen molar-refractivity contribution >= 4 is 22.9 Å². The Labute approximate surface area is 106 Å². The van der Waals surface area contributed by atoms with Crippen molar-refractivity contribution in [2.45, 2.75) is 38.3 Å². The van der Waals surface area contributed by atoms with E-state index in [1.165, 1.54) is 24.1 Å². The van der Waals surface area contributed by atoms with Crippen molar-refractivity contribution in [2.75, 3.05) is 6.54 Å². The van der Waals surface area contributed by atoms with Gasteiger partial charge in [0.05, 0.1) is 10.4 Å². The molecule has 0 aliphatic heterocycles. The molecule has 0 bridgehead atoms. The van der Waals surface area contributed by atoms with E-state index in [4.69, 9.17) is 17.3 Å². The van der Waals surface area contributed by atoms with Gasteiger partial charge in [0.15, 0.2) is 0 Å². The van der Waals surface area contributed by atoms with Crippen LogP contribution in [0.4, 0.5) is 0 Å². The molecular weight excluding hydrogens is 240 g/mol. The number of hydrogen-bond acceptors (Lipinski definition) is 3. The second kappa shape index (κ2) is 5.50. The summed E-state index contributed by atoms with van der Waals surface area (Å²) in [6, 6.07) is 4.93. The molecule has 1 aromatic rings. The lowest BCUT2D eigenvalue weighted by Crippen LogP contribution is -2.34. The first-order valence-electron chi connectivity index (χ1n) is 5.90. The third-order valence-corrected chi connectivity index (χ3v) is 4.65. The summed E-state index contributed by atoms with van der Waals surface area (Å²) in [4.78, 5) is 1.26. The van der Waals surface area contributed by atoms with Crippen molar-refractivity contribution in [1.82, 2.24) is 5.32 Å². The molecule has 1 heterocycles. The van der Waals surface area contributed by atoms with Gasteiger partial charge in [0.1, 0.15) is 0 Å². The smallest absolute Gasteiger partial charge is 0.0931 e. The minimum atomic E-state index is 0.271. The van der Waals surface area contributed by atoms with Crippen LogP contribution in [0, 0.1) is 5.92 Å². The first kappa shape index (κ1) is 12.4. The molecule has 0 aromatic carbocycles. The molecule has 3 atom stereocenters. The quantitative estimate of drug-likeness (QED) is 0.871. The monoisotopic (exact) mass is 258 g/mol. The van der Waals surface area contributed by atoms with Crippen molar-refractivity contribution in [3.63, 3.8) is 0 Å². The van der Waals surface area contributed by atoms with E-state index < -0.39 is 0 Å². The molecule has 0 spiro atoms.